The van der Waals surface area contributed by atoms with Crippen LogP contribution in [0.1, 0.15) is 18.9 Å². The first-order chi connectivity index (χ1) is 12.1. The van der Waals surface area contributed by atoms with Gasteiger partial charge in [-0.1, -0.05) is 18.2 Å². The summed E-state index contributed by atoms with van der Waals surface area (Å²) in [7, 11) is 0. The maximum absolute atomic E-state index is 13.2. The molecule has 0 spiro atoms. The smallest absolute Gasteiger partial charge is 0.220 e. The fraction of sp³-hybridized carbons (Fsp3) is 0.250. The monoisotopic (exact) mass is 340 g/mol. The number of aromatic amines is 1. The Morgan fingerprint density at radius 2 is 1.92 bits per heavy atom. The number of carbonyl (C=O) groups is 1. The number of hydrogen-bond acceptors (Lipinski definition) is 2. The molecule has 25 heavy (non-hydrogen) atoms. The third kappa shape index (κ3) is 3.88. The molecule has 0 aliphatic rings. The fourth-order valence-corrected chi connectivity index (χ4v) is 2.95. The van der Waals surface area contributed by atoms with Crippen molar-refractivity contribution in [3.63, 3.8) is 0 Å². The minimum Gasteiger partial charge on any atom is -0.394 e. The lowest BCUT2D eigenvalue weighted by atomic mass is 10.0. The maximum Gasteiger partial charge on any atom is 0.220 e. The van der Waals surface area contributed by atoms with E-state index in [4.69, 9.17) is 5.11 Å². The van der Waals surface area contributed by atoms with Crippen LogP contribution < -0.4 is 5.32 Å². The van der Waals surface area contributed by atoms with Gasteiger partial charge in [0.15, 0.2) is 0 Å². The Morgan fingerprint density at radius 3 is 2.64 bits per heavy atom. The van der Waals surface area contributed by atoms with Crippen molar-refractivity contribution in [2.75, 3.05) is 6.61 Å². The summed E-state index contributed by atoms with van der Waals surface area (Å²) in [6.07, 6.45) is 0.876. The van der Waals surface area contributed by atoms with Crippen molar-refractivity contribution in [2.24, 2.45) is 0 Å². The van der Waals surface area contributed by atoms with Crippen LogP contribution in [-0.4, -0.2) is 28.6 Å². The first-order valence-electron chi connectivity index (χ1n) is 8.34. The molecule has 0 radical (unpaired) electrons. The molecule has 0 fully saturated rings. The van der Waals surface area contributed by atoms with Crippen molar-refractivity contribution in [2.45, 2.75) is 25.8 Å². The minimum atomic E-state index is -0.279. The number of aliphatic hydroxyl groups excluding tert-OH is 1. The van der Waals surface area contributed by atoms with E-state index in [2.05, 4.69) is 10.3 Å². The van der Waals surface area contributed by atoms with E-state index in [1.807, 2.05) is 24.3 Å². The minimum absolute atomic E-state index is 0.0837. The third-order valence-corrected chi connectivity index (χ3v) is 4.23. The summed E-state index contributed by atoms with van der Waals surface area (Å²) in [6, 6.07) is 14.0. The zero-order chi connectivity index (χ0) is 17.8. The number of fused-ring (bicyclic) bond motifs is 1. The number of hydrogen-bond donors (Lipinski definition) is 3. The second kappa shape index (κ2) is 7.49. The Bertz CT molecular complexity index is 871. The topological polar surface area (TPSA) is 65.1 Å². The molecule has 0 aliphatic carbocycles. The highest BCUT2D eigenvalue weighted by Gasteiger charge is 2.15. The van der Waals surface area contributed by atoms with E-state index in [1.165, 1.54) is 12.1 Å². The molecule has 5 heteroatoms. The normalized spacial score (nSPS) is 12.3. The maximum atomic E-state index is 13.2. The van der Waals surface area contributed by atoms with Crippen LogP contribution in [0.25, 0.3) is 22.2 Å². The summed E-state index contributed by atoms with van der Waals surface area (Å²) in [6.45, 7) is 1.67. The molecule has 1 unspecified atom stereocenters. The Balaban J connectivity index is 1.91. The van der Waals surface area contributed by atoms with E-state index < -0.39 is 0 Å². The standard InChI is InChI=1S/C20H21FN2O2/c1-13(12-24)22-19(25)11-10-17-16-4-2-3-5-18(16)23-20(17)14-6-8-15(21)9-7-14/h2-9,13,23-24H,10-12H2,1H3,(H,22,25). The predicted octanol–water partition coefficient (Wildman–Crippen LogP) is 3.40. The van der Waals surface area contributed by atoms with Gasteiger partial charge >= 0.3 is 0 Å². The highest BCUT2D eigenvalue weighted by atomic mass is 19.1. The van der Waals surface area contributed by atoms with E-state index in [0.29, 0.717) is 12.8 Å². The highest BCUT2D eigenvalue weighted by molar-refractivity contribution is 5.91. The number of benzene rings is 2. The molecule has 0 bridgehead atoms. The van der Waals surface area contributed by atoms with E-state index in [-0.39, 0.29) is 24.4 Å². The van der Waals surface area contributed by atoms with Gasteiger partial charge in [0.2, 0.25) is 5.91 Å². The SMILES string of the molecule is CC(CO)NC(=O)CCc1c(-c2ccc(F)cc2)[nH]c2ccccc12. The number of aryl methyl sites for hydroxylation is 1. The number of halogens is 1. The van der Waals surface area contributed by atoms with Crippen LogP contribution in [0.4, 0.5) is 4.39 Å². The van der Waals surface area contributed by atoms with Gasteiger partial charge in [-0.3, -0.25) is 4.79 Å². The third-order valence-electron chi connectivity index (χ3n) is 4.23. The predicted molar refractivity (Wildman–Crippen MR) is 96.7 cm³/mol. The molecule has 3 N–H and O–H groups in total. The highest BCUT2D eigenvalue weighted by Crippen LogP contribution is 2.31. The number of nitrogens with one attached hydrogen (secondary N) is 2. The van der Waals surface area contributed by atoms with Gasteiger partial charge in [-0.25, -0.2) is 4.39 Å². The number of H-pyrrole nitrogens is 1. The fourth-order valence-electron chi connectivity index (χ4n) is 2.95. The average Bonchev–Trinajstić information content (AvgIpc) is 2.99. The van der Waals surface area contributed by atoms with Gasteiger partial charge in [0.1, 0.15) is 5.82 Å². The van der Waals surface area contributed by atoms with Crippen LogP contribution in [0.3, 0.4) is 0 Å². The van der Waals surface area contributed by atoms with Crippen LogP contribution in [0, 0.1) is 5.82 Å². The first kappa shape index (κ1) is 17.2. The van der Waals surface area contributed by atoms with Gasteiger partial charge in [-0.05, 0) is 54.8 Å². The number of aliphatic hydroxyl groups is 1. The molecule has 0 saturated carbocycles. The lowest BCUT2D eigenvalue weighted by Gasteiger charge is -2.11. The molecule has 1 heterocycles. The van der Waals surface area contributed by atoms with Crippen molar-refractivity contribution in [1.29, 1.82) is 0 Å². The van der Waals surface area contributed by atoms with Gasteiger partial charge in [0.05, 0.1) is 6.61 Å². The van der Waals surface area contributed by atoms with E-state index in [9.17, 15) is 9.18 Å². The molecule has 0 aliphatic heterocycles. The largest absolute Gasteiger partial charge is 0.394 e. The number of para-hydroxylation sites is 1. The van der Waals surface area contributed by atoms with Crippen molar-refractivity contribution in [3.05, 3.63) is 59.9 Å². The Labute approximate surface area is 145 Å². The van der Waals surface area contributed by atoms with Gasteiger partial charge in [-0.2, -0.15) is 0 Å². The van der Waals surface area contributed by atoms with Crippen molar-refractivity contribution < 1.29 is 14.3 Å². The number of aromatic nitrogens is 1. The van der Waals surface area contributed by atoms with Crippen LogP contribution >= 0.6 is 0 Å². The van der Waals surface area contributed by atoms with E-state index in [1.54, 1.807) is 19.1 Å². The molecule has 1 amide bonds. The lowest BCUT2D eigenvalue weighted by Crippen LogP contribution is -2.35. The van der Waals surface area contributed by atoms with E-state index >= 15 is 0 Å². The molecule has 1 aromatic heterocycles. The van der Waals surface area contributed by atoms with Crippen molar-refractivity contribution in [1.82, 2.24) is 10.3 Å². The second-order valence-electron chi connectivity index (χ2n) is 6.18. The average molecular weight is 340 g/mol. The molecule has 3 aromatic rings. The Kier molecular flexibility index (Phi) is 5.14. The van der Waals surface area contributed by atoms with Crippen molar-refractivity contribution in [3.8, 4) is 11.3 Å². The van der Waals surface area contributed by atoms with Crippen molar-refractivity contribution >= 4 is 16.8 Å². The first-order valence-corrected chi connectivity index (χ1v) is 8.34. The summed E-state index contributed by atoms with van der Waals surface area (Å²) in [5.41, 5.74) is 3.82. The molecule has 130 valence electrons. The quantitative estimate of drug-likeness (QED) is 0.644. The van der Waals surface area contributed by atoms with Crippen LogP contribution in [0.15, 0.2) is 48.5 Å². The second-order valence-corrected chi connectivity index (χ2v) is 6.18. The molecule has 4 nitrogen and oxygen atoms in total. The summed E-state index contributed by atoms with van der Waals surface area (Å²) in [5.74, 6) is -0.379. The zero-order valence-corrected chi connectivity index (χ0v) is 14.1. The van der Waals surface area contributed by atoms with Gasteiger partial charge in [-0.15, -0.1) is 0 Å². The molecular weight excluding hydrogens is 319 g/mol. The molecule has 3 rings (SSSR count). The van der Waals surface area contributed by atoms with Gasteiger partial charge < -0.3 is 15.4 Å². The number of carbonyl (C=O) groups excluding carboxylic acids is 1. The van der Waals surface area contributed by atoms with Crippen LogP contribution in [-0.2, 0) is 11.2 Å². The lowest BCUT2D eigenvalue weighted by molar-refractivity contribution is -0.121. The number of amides is 1. The van der Waals surface area contributed by atoms with E-state index in [0.717, 1.165) is 27.7 Å². The summed E-state index contributed by atoms with van der Waals surface area (Å²) < 4.78 is 13.2. The van der Waals surface area contributed by atoms with Gasteiger partial charge in [0, 0.05) is 29.1 Å². The summed E-state index contributed by atoms with van der Waals surface area (Å²) >= 11 is 0. The van der Waals surface area contributed by atoms with Crippen LogP contribution in [0.5, 0.6) is 0 Å². The molecule has 0 saturated heterocycles. The molecule has 2 aromatic carbocycles. The Morgan fingerprint density at radius 1 is 1.20 bits per heavy atom. The summed E-state index contributed by atoms with van der Waals surface area (Å²) in [4.78, 5) is 15.4. The zero-order valence-electron chi connectivity index (χ0n) is 14.1. The number of rotatable bonds is 6. The Hall–Kier alpha value is -2.66. The molecule has 1 atom stereocenters. The van der Waals surface area contributed by atoms with Crippen LogP contribution in [0.2, 0.25) is 0 Å². The van der Waals surface area contributed by atoms with Gasteiger partial charge in [0.25, 0.3) is 0 Å². The molecular formula is C20H21FN2O2. The summed E-state index contributed by atoms with van der Waals surface area (Å²) in [5, 5.41) is 12.9.